The average molecular weight is 280 g/mol. The summed E-state index contributed by atoms with van der Waals surface area (Å²) in [7, 11) is 1.41. The number of hydrogen-bond acceptors (Lipinski definition) is 5. The fourth-order valence-corrected chi connectivity index (χ4v) is 1.43. The Hall–Kier alpha value is -2.57. The van der Waals surface area contributed by atoms with Gasteiger partial charge in [-0.25, -0.2) is 0 Å². The van der Waals surface area contributed by atoms with Gasteiger partial charge in [-0.3, -0.25) is 14.9 Å². The van der Waals surface area contributed by atoms with Crippen LogP contribution in [0.2, 0.25) is 0 Å². The molecule has 0 heterocycles. The molecule has 1 atom stereocenters. The second kappa shape index (κ2) is 7.13. The van der Waals surface area contributed by atoms with Gasteiger partial charge in [0.05, 0.1) is 18.1 Å². The molecule has 7 heteroatoms. The number of nitrogens with zero attached hydrogens (tertiary/aromatic N) is 1. The van der Waals surface area contributed by atoms with E-state index in [4.69, 9.17) is 9.47 Å². The first-order valence-corrected chi connectivity index (χ1v) is 5.87. The minimum Gasteiger partial charge on any atom is -0.493 e. The molecule has 1 aromatic carbocycles. The highest BCUT2D eigenvalue weighted by Gasteiger charge is 2.18. The molecule has 1 aromatic rings. The van der Waals surface area contributed by atoms with Crippen LogP contribution in [0.4, 0.5) is 5.69 Å². The van der Waals surface area contributed by atoms with Gasteiger partial charge in [0.1, 0.15) is 0 Å². The van der Waals surface area contributed by atoms with E-state index in [0.29, 0.717) is 12.3 Å². The van der Waals surface area contributed by atoms with Crippen LogP contribution in [0.3, 0.4) is 0 Å². The third kappa shape index (κ3) is 3.98. The maximum atomic E-state index is 11.7. The number of non-ortho nitro benzene ring substituents is 1. The first-order chi connectivity index (χ1) is 9.49. The molecule has 0 saturated carbocycles. The van der Waals surface area contributed by atoms with Gasteiger partial charge in [0.25, 0.3) is 11.6 Å². The molecule has 0 spiro atoms. The Bertz CT molecular complexity index is 515. The predicted octanol–water partition coefficient (Wildman–Crippen LogP) is 1.67. The lowest BCUT2D eigenvalue weighted by atomic mass is 10.2. The molecular formula is C13H16N2O5. The zero-order valence-electron chi connectivity index (χ0n) is 11.3. The molecule has 20 heavy (non-hydrogen) atoms. The van der Waals surface area contributed by atoms with Crippen molar-refractivity contribution in [2.75, 3.05) is 13.7 Å². The number of nitro groups is 1. The summed E-state index contributed by atoms with van der Waals surface area (Å²) in [5.74, 6) is 0.111. The van der Waals surface area contributed by atoms with E-state index in [1.165, 1.54) is 32.2 Å². The normalized spacial score (nSPS) is 11.3. The predicted molar refractivity (Wildman–Crippen MR) is 72.9 cm³/mol. The van der Waals surface area contributed by atoms with Crippen LogP contribution < -0.4 is 14.8 Å². The van der Waals surface area contributed by atoms with Gasteiger partial charge in [0.15, 0.2) is 17.6 Å². The number of benzene rings is 1. The topological polar surface area (TPSA) is 90.7 Å². The highest BCUT2D eigenvalue weighted by Crippen LogP contribution is 2.31. The Morgan fingerprint density at radius 2 is 2.25 bits per heavy atom. The first-order valence-electron chi connectivity index (χ1n) is 5.87. The third-order valence-corrected chi connectivity index (χ3v) is 2.45. The Balaban J connectivity index is 2.88. The van der Waals surface area contributed by atoms with Crippen LogP contribution in [0.25, 0.3) is 0 Å². The van der Waals surface area contributed by atoms with E-state index in [1.807, 2.05) is 0 Å². The van der Waals surface area contributed by atoms with E-state index < -0.39 is 11.0 Å². The van der Waals surface area contributed by atoms with Crippen molar-refractivity contribution in [3.05, 3.63) is 41.0 Å². The van der Waals surface area contributed by atoms with Crippen molar-refractivity contribution in [1.29, 1.82) is 0 Å². The minimum absolute atomic E-state index is 0.139. The summed E-state index contributed by atoms with van der Waals surface area (Å²) < 4.78 is 10.5. The highest BCUT2D eigenvalue weighted by molar-refractivity contribution is 5.80. The maximum absolute atomic E-state index is 11.7. The van der Waals surface area contributed by atoms with Crippen molar-refractivity contribution < 1.29 is 19.2 Å². The first kappa shape index (κ1) is 15.5. The van der Waals surface area contributed by atoms with E-state index in [0.717, 1.165) is 0 Å². The van der Waals surface area contributed by atoms with Crippen LogP contribution >= 0.6 is 0 Å². The fourth-order valence-electron chi connectivity index (χ4n) is 1.43. The molecule has 0 bridgehead atoms. The molecule has 0 aromatic heterocycles. The van der Waals surface area contributed by atoms with Crippen molar-refractivity contribution in [2.45, 2.75) is 13.0 Å². The standard InChI is InChI=1S/C13H16N2O5/c1-4-7-14-13(16)9(2)20-12-8-10(15(17)18)5-6-11(12)19-3/h4-6,8-9H,1,7H2,2-3H3,(H,14,16). The number of rotatable bonds is 7. The lowest BCUT2D eigenvalue weighted by molar-refractivity contribution is -0.385. The number of carbonyl (C=O) groups is 1. The van der Waals surface area contributed by atoms with Crippen LogP contribution in [0, 0.1) is 10.1 Å². The van der Waals surface area contributed by atoms with Gasteiger partial charge in [0, 0.05) is 12.6 Å². The van der Waals surface area contributed by atoms with Crippen LogP contribution in [0.15, 0.2) is 30.9 Å². The van der Waals surface area contributed by atoms with Crippen LogP contribution in [-0.2, 0) is 4.79 Å². The van der Waals surface area contributed by atoms with E-state index in [-0.39, 0.29) is 17.3 Å². The molecular weight excluding hydrogens is 264 g/mol. The van der Waals surface area contributed by atoms with Gasteiger partial charge in [-0.2, -0.15) is 0 Å². The Morgan fingerprint density at radius 3 is 2.80 bits per heavy atom. The van der Waals surface area contributed by atoms with Crippen LogP contribution in [0.5, 0.6) is 11.5 Å². The van der Waals surface area contributed by atoms with Gasteiger partial charge in [-0.1, -0.05) is 6.08 Å². The number of methoxy groups -OCH3 is 1. The molecule has 108 valence electrons. The number of carbonyl (C=O) groups excluding carboxylic acids is 1. The fraction of sp³-hybridized carbons (Fsp3) is 0.308. The van der Waals surface area contributed by atoms with Gasteiger partial charge in [0.2, 0.25) is 0 Å². The van der Waals surface area contributed by atoms with E-state index >= 15 is 0 Å². The summed E-state index contributed by atoms with van der Waals surface area (Å²) in [6.07, 6.45) is 0.726. The molecule has 1 amide bonds. The molecule has 1 rings (SSSR count). The monoisotopic (exact) mass is 280 g/mol. The Labute approximate surface area is 116 Å². The van der Waals surface area contributed by atoms with Gasteiger partial charge in [-0.05, 0) is 13.0 Å². The summed E-state index contributed by atoms with van der Waals surface area (Å²) in [5.41, 5.74) is -0.139. The van der Waals surface area contributed by atoms with Crippen molar-refractivity contribution in [1.82, 2.24) is 5.32 Å². The summed E-state index contributed by atoms with van der Waals surface area (Å²) in [6, 6.07) is 3.94. The van der Waals surface area contributed by atoms with Crippen LogP contribution in [-0.4, -0.2) is 30.6 Å². The highest BCUT2D eigenvalue weighted by atomic mass is 16.6. The minimum atomic E-state index is -0.814. The number of nitro benzene ring substituents is 1. The maximum Gasteiger partial charge on any atom is 0.273 e. The molecule has 1 unspecified atom stereocenters. The lowest BCUT2D eigenvalue weighted by Gasteiger charge is -2.16. The molecule has 7 nitrogen and oxygen atoms in total. The SMILES string of the molecule is C=CCNC(=O)C(C)Oc1cc([N+](=O)[O-])ccc1OC. The van der Waals surface area contributed by atoms with E-state index in [9.17, 15) is 14.9 Å². The van der Waals surface area contributed by atoms with Crippen molar-refractivity contribution in [3.8, 4) is 11.5 Å². The van der Waals surface area contributed by atoms with E-state index in [2.05, 4.69) is 11.9 Å². The van der Waals surface area contributed by atoms with Gasteiger partial charge >= 0.3 is 0 Å². The molecule has 0 aliphatic carbocycles. The van der Waals surface area contributed by atoms with Crippen LogP contribution in [0.1, 0.15) is 6.92 Å². The summed E-state index contributed by atoms with van der Waals surface area (Å²) in [5, 5.41) is 13.3. The molecule has 1 N–H and O–H groups in total. The van der Waals surface area contributed by atoms with Crippen molar-refractivity contribution in [3.63, 3.8) is 0 Å². The van der Waals surface area contributed by atoms with E-state index in [1.54, 1.807) is 6.08 Å². The summed E-state index contributed by atoms with van der Waals surface area (Å²) in [6.45, 7) is 5.34. The number of hydrogen-bond donors (Lipinski definition) is 1. The summed E-state index contributed by atoms with van der Waals surface area (Å²) in [4.78, 5) is 21.9. The third-order valence-electron chi connectivity index (χ3n) is 2.45. The molecule has 0 fully saturated rings. The zero-order chi connectivity index (χ0) is 15.1. The van der Waals surface area contributed by atoms with Gasteiger partial charge < -0.3 is 14.8 Å². The Kier molecular flexibility index (Phi) is 5.52. The smallest absolute Gasteiger partial charge is 0.273 e. The van der Waals surface area contributed by atoms with Crippen molar-refractivity contribution >= 4 is 11.6 Å². The number of amides is 1. The largest absolute Gasteiger partial charge is 0.493 e. The molecule has 0 aliphatic rings. The molecule has 0 radical (unpaired) electrons. The van der Waals surface area contributed by atoms with Crippen molar-refractivity contribution in [2.24, 2.45) is 0 Å². The quantitative estimate of drug-likeness (QED) is 0.466. The second-order valence-corrected chi connectivity index (χ2v) is 3.89. The molecule has 0 saturated heterocycles. The lowest BCUT2D eigenvalue weighted by Crippen LogP contribution is -2.36. The molecule has 0 aliphatic heterocycles. The Morgan fingerprint density at radius 1 is 1.55 bits per heavy atom. The number of nitrogens with one attached hydrogen (secondary N) is 1. The summed E-state index contributed by atoms with van der Waals surface area (Å²) >= 11 is 0. The zero-order valence-corrected chi connectivity index (χ0v) is 11.3. The van der Waals surface area contributed by atoms with Gasteiger partial charge in [-0.15, -0.1) is 6.58 Å². The second-order valence-electron chi connectivity index (χ2n) is 3.89. The average Bonchev–Trinajstić information content (AvgIpc) is 2.44. The number of ether oxygens (including phenoxy) is 2.